The first-order valence-corrected chi connectivity index (χ1v) is 3.97. The molecule has 3 N–H and O–H groups in total. The number of nitrogens with zero attached hydrogens (tertiary/aromatic N) is 3. The summed E-state index contributed by atoms with van der Waals surface area (Å²) in [7, 11) is 1.70. The Morgan fingerprint density at radius 3 is 2.54 bits per heavy atom. The van der Waals surface area contributed by atoms with Crippen molar-refractivity contribution in [3.8, 4) is 6.01 Å². The number of nitrogens with two attached hydrogens (primary N) is 1. The van der Waals surface area contributed by atoms with Gasteiger partial charge in [-0.1, -0.05) is 0 Å². The largest absolute Gasteiger partial charge is 0.461 e. The Morgan fingerprint density at radius 2 is 2.00 bits per heavy atom. The zero-order valence-electron chi connectivity index (χ0n) is 7.90. The third-order valence-corrected chi connectivity index (χ3v) is 1.20. The third-order valence-electron chi connectivity index (χ3n) is 1.20. The fraction of sp³-hybridized carbons (Fsp3) is 0.571. The van der Waals surface area contributed by atoms with Crippen LogP contribution in [0.15, 0.2) is 0 Å². The summed E-state index contributed by atoms with van der Waals surface area (Å²) in [6.45, 7) is 3.78. The Morgan fingerprint density at radius 1 is 1.31 bits per heavy atom. The topological polar surface area (TPSA) is 86.0 Å². The molecule has 1 heterocycles. The maximum Gasteiger partial charge on any atom is 0.323 e. The van der Waals surface area contributed by atoms with Crippen LogP contribution in [0.5, 0.6) is 6.01 Å². The van der Waals surface area contributed by atoms with E-state index in [9.17, 15) is 0 Å². The maximum atomic E-state index is 5.43. The molecule has 13 heavy (non-hydrogen) atoms. The number of nitrogens with one attached hydrogen (secondary N) is 1. The number of nitrogen functional groups attached to an aromatic ring is 1. The van der Waals surface area contributed by atoms with Gasteiger partial charge in [-0.25, -0.2) is 0 Å². The Balaban J connectivity index is 2.88. The molecule has 0 atom stereocenters. The lowest BCUT2D eigenvalue weighted by Crippen LogP contribution is -2.11. The highest BCUT2D eigenvalue weighted by Gasteiger charge is 2.05. The Bertz CT molecular complexity index is 288. The van der Waals surface area contributed by atoms with E-state index in [1.165, 1.54) is 0 Å². The predicted molar refractivity (Wildman–Crippen MR) is 49.6 cm³/mol. The van der Waals surface area contributed by atoms with E-state index >= 15 is 0 Å². The highest BCUT2D eigenvalue weighted by molar-refractivity contribution is 5.31. The summed E-state index contributed by atoms with van der Waals surface area (Å²) in [5.74, 6) is 0.554. The molecular formula is C7H13N5O. The Hall–Kier alpha value is -1.59. The summed E-state index contributed by atoms with van der Waals surface area (Å²) in [5.41, 5.74) is 5.43. The smallest absolute Gasteiger partial charge is 0.323 e. The SMILES string of the molecule is CNc1nc(N)nc(OC(C)C)n1. The molecule has 0 amide bonds. The van der Waals surface area contributed by atoms with Gasteiger partial charge in [-0.15, -0.1) is 0 Å². The zero-order chi connectivity index (χ0) is 9.84. The quantitative estimate of drug-likeness (QED) is 0.700. The van der Waals surface area contributed by atoms with Gasteiger partial charge in [0, 0.05) is 7.05 Å². The molecule has 6 heteroatoms. The molecule has 1 rings (SSSR count). The van der Waals surface area contributed by atoms with Crippen molar-refractivity contribution in [2.75, 3.05) is 18.1 Å². The van der Waals surface area contributed by atoms with Crippen LogP contribution >= 0.6 is 0 Å². The number of anilines is 2. The molecule has 1 aromatic rings. The molecule has 0 aliphatic rings. The summed E-state index contributed by atoms with van der Waals surface area (Å²) in [5, 5.41) is 2.76. The van der Waals surface area contributed by atoms with Gasteiger partial charge in [0.25, 0.3) is 0 Å². The van der Waals surface area contributed by atoms with Crippen LogP contribution in [0.3, 0.4) is 0 Å². The average molecular weight is 183 g/mol. The van der Waals surface area contributed by atoms with Crippen molar-refractivity contribution < 1.29 is 4.74 Å². The van der Waals surface area contributed by atoms with E-state index in [-0.39, 0.29) is 18.1 Å². The number of aromatic nitrogens is 3. The summed E-state index contributed by atoms with van der Waals surface area (Å²) in [6, 6.07) is 0.242. The van der Waals surface area contributed by atoms with Crippen LogP contribution < -0.4 is 15.8 Å². The molecule has 0 aliphatic carbocycles. The van der Waals surface area contributed by atoms with Crippen molar-refractivity contribution in [1.82, 2.24) is 15.0 Å². The second-order valence-corrected chi connectivity index (χ2v) is 2.72. The molecule has 0 fully saturated rings. The van der Waals surface area contributed by atoms with Crippen LogP contribution in [0.25, 0.3) is 0 Å². The van der Waals surface area contributed by atoms with Crippen molar-refractivity contribution in [2.24, 2.45) is 0 Å². The minimum atomic E-state index is 0.0199. The van der Waals surface area contributed by atoms with Crippen LogP contribution in [-0.4, -0.2) is 28.1 Å². The highest BCUT2D eigenvalue weighted by Crippen LogP contribution is 2.09. The van der Waals surface area contributed by atoms with Crippen LogP contribution in [0.1, 0.15) is 13.8 Å². The number of hydrogen-bond acceptors (Lipinski definition) is 6. The van der Waals surface area contributed by atoms with Crippen LogP contribution in [-0.2, 0) is 0 Å². The minimum absolute atomic E-state index is 0.0199. The molecule has 6 nitrogen and oxygen atoms in total. The van der Waals surface area contributed by atoms with E-state index in [2.05, 4.69) is 20.3 Å². The predicted octanol–water partition coefficient (Wildman–Crippen LogP) is 0.283. The number of rotatable bonds is 3. The monoisotopic (exact) mass is 183 g/mol. The molecule has 0 radical (unpaired) electrons. The molecule has 0 aromatic carbocycles. The normalized spacial score (nSPS) is 10.2. The van der Waals surface area contributed by atoms with E-state index in [1.807, 2.05) is 13.8 Å². The van der Waals surface area contributed by atoms with E-state index < -0.39 is 0 Å². The first-order chi connectivity index (χ1) is 6.11. The van der Waals surface area contributed by atoms with Crippen molar-refractivity contribution in [1.29, 1.82) is 0 Å². The van der Waals surface area contributed by atoms with E-state index in [1.54, 1.807) is 7.05 Å². The van der Waals surface area contributed by atoms with Gasteiger partial charge in [0.1, 0.15) is 0 Å². The average Bonchev–Trinajstić information content (AvgIpc) is 2.01. The van der Waals surface area contributed by atoms with Gasteiger partial charge in [0.05, 0.1) is 6.10 Å². The first-order valence-electron chi connectivity index (χ1n) is 3.97. The van der Waals surface area contributed by atoms with Crippen LogP contribution in [0.2, 0.25) is 0 Å². The summed E-state index contributed by atoms with van der Waals surface area (Å²) < 4.78 is 5.26. The summed E-state index contributed by atoms with van der Waals surface area (Å²) >= 11 is 0. The minimum Gasteiger partial charge on any atom is -0.461 e. The Labute approximate surface area is 76.6 Å². The van der Waals surface area contributed by atoms with Gasteiger partial charge in [0.15, 0.2) is 0 Å². The third kappa shape index (κ3) is 2.73. The fourth-order valence-electron chi connectivity index (χ4n) is 0.747. The zero-order valence-corrected chi connectivity index (χ0v) is 7.90. The molecule has 1 aromatic heterocycles. The lowest BCUT2D eigenvalue weighted by Gasteiger charge is -2.08. The first kappa shape index (κ1) is 9.50. The van der Waals surface area contributed by atoms with Gasteiger partial charge in [-0.2, -0.15) is 15.0 Å². The molecule has 0 aliphatic heterocycles. The van der Waals surface area contributed by atoms with Crippen molar-refractivity contribution >= 4 is 11.9 Å². The lowest BCUT2D eigenvalue weighted by molar-refractivity contribution is 0.222. The molecule has 0 saturated carbocycles. The van der Waals surface area contributed by atoms with Gasteiger partial charge in [-0.05, 0) is 13.8 Å². The van der Waals surface area contributed by atoms with Crippen LogP contribution in [0.4, 0.5) is 11.9 Å². The van der Waals surface area contributed by atoms with E-state index in [0.717, 1.165) is 0 Å². The maximum absolute atomic E-state index is 5.43. The number of ether oxygens (including phenoxy) is 1. The van der Waals surface area contributed by atoms with Gasteiger partial charge < -0.3 is 15.8 Å². The lowest BCUT2D eigenvalue weighted by atomic mass is 10.5. The van der Waals surface area contributed by atoms with Crippen LogP contribution in [0, 0.1) is 0 Å². The second-order valence-electron chi connectivity index (χ2n) is 2.72. The van der Waals surface area contributed by atoms with Crippen molar-refractivity contribution in [2.45, 2.75) is 20.0 Å². The molecule has 0 spiro atoms. The molecule has 72 valence electrons. The van der Waals surface area contributed by atoms with Gasteiger partial charge in [-0.3, -0.25) is 0 Å². The summed E-state index contributed by atoms with van der Waals surface area (Å²) in [6.07, 6.45) is 0.0199. The molecule has 0 unspecified atom stereocenters. The molecule has 0 saturated heterocycles. The second kappa shape index (κ2) is 3.88. The molecule has 0 bridgehead atoms. The Kier molecular flexibility index (Phi) is 2.84. The standard InChI is InChI=1S/C7H13N5O/c1-4(2)13-7-11-5(8)10-6(9-3)12-7/h4H,1-3H3,(H3,8,9,10,11,12). The summed E-state index contributed by atoms with van der Waals surface area (Å²) in [4.78, 5) is 11.6. The van der Waals surface area contributed by atoms with Crippen molar-refractivity contribution in [3.63, 3.8) is 0 Å². The van der Waals surface area contributed by atoms with Crippen molar-refractivity contribution in [3.05, 3.63) is 0 Å². The fourth-order valence-corrected chi connectivity index (χ4v) is 0.747. The number of hydrogen-bond donors (Lipinski definition) is 2. The van der Waals surface area contributed by atoms with E-state index in [4.69, 9.17) is 10.5 Å². The highest BCUT2D eigenvalue weighted by atomic mass is 16.5. The van der Waals surface area contributed by atoms with E-state index in [0.29, 0.717) is 5.95 Å². The van der Waals surface area contributed by atoms with Gasteiger partial charge in [0.2, 0.25) is 11.9 Å². The molecular weight excluding hydrogens is 170 g/mol. The van der Waals surface area contributed by atoms with Gasteiger partial charge >= 0.3 is 6.01 Å².